The van der Waals surface area contributed by atoms with Gasteiger partial charge >= 0.3 is 0 Å². The number of para-hydroxylation sites is 1. The highest BCUT2D eigenvalue weighted by Crippen LogP contribution is 2.29. The zero-order chi connectivity index (χ0) is 9.26. The van der Waals surface area contributed by atoms with E-state index in [9.17, 15) is 5.11 Å². The van der Waals surface area contributed by atoms with Crippen molar-refractivity contribution in [1.82, 2.24) is 0 Å². The molecule has 1 aromatic rings. The van der Waals surface area contributed by atoms with Gasteiger partial charge in [0.2, 0.25) is 0 Å². The maximum Gasteiger partial charge on any atom is 0.123 e. The summed E-state index contributed by atoms with van der Waals surface area (Å²) < 4.78 is 5.66. The van der Waals surface area contributed by atoms with Crippen LogP contribution in [0.1, 0.15) is 18.9 Å². The molecule has 0 fully saturated rings. The van der Waals surface area contributed by atoms with Crippen molar-refractivity contribution in [2.45, 2.75) is 32.0 Å². The van der Waals surface area contributed by atoms with E-state index in [-0.39, 0.29) is 12.2 Å². The molecule has 0 radical (unpaired) electrons. The van der Waals surface area contributed by atoms with Gasteiger partial charge in [0.25, 0.3) is 0 Å². The summed E-state index contributed by atoms with van der Waals surface area (Å²) in [6, 6.07) is 8.06. The predicted octanol–water partition coefficient (Wildman–Crippen LogP) is 1.76. The summed E-state index contributed by atoms with van der Waals surface area (Å²) in [7, 11) is 0. The molecule has 1 aromatic carbocycles. The highest BCUT2D eigenvalue weighted by Gasteiger charge is 2.23. The molecule has 0 saturated heterocycles. The van der Waals surface area contributed by atoms with E-state index in [0.717, 1.165) is 12.2 Å². The molecule has 2 atom stereocenters. The van der Waals surface area contributed by atoms with Gasteiger partial charge in [0.15, 0.2) is 0 Å². The number of rotatable bonds is 2. The third-order valence-electron chi connectivity index (χ3n) is 2.32. The fraction of sp³-hybridized carbons (Fsp3) is 0.455. The van der Waals surface area contributed by atoms with Gasteiger partial charge in [-0.05, 0) is 18.6 Å². The van der Waals surface area contributed by atoms with Crippen molar-refractivity contribution < 1.29 is 9.84 Å². The Kier molecular flexibility index (Phi) is 2.23. The summed E-state index contributed by atoms with van der Waals surface area (Å²) in [5.74, 6) is 0.980. The van der Waals surface area contributed by atoms with Crippen LogP contribution in [0.5, 0.6) is 5.75 Å². The molecule has 0 bridgehead atoms. The molecule has 0 aromatic heterocycles. The van der Waals surface area contributed by atoms with Crippen LogP contribution in [0.15, 0.2) is 24.3 Å². The van der Waals surface area contributed by atoms with Crippen molar-refractivity contribution in [3.8, 4) is 5.75 Å². The quantitative estimate of drug-likeness (QED) is 0.747. The molecular formula is C11H14O2. The van der Waals surface area contributed by atoms with E-state index in [1.807, 2.05) is 18.2 Å². The van der Waals surface area contributed by atoms with Crippen LogP contribution in [0.4, 0.5) is 0 Å². The van der Waals surface area contributed by atoms with Crippen LogP contribution >= 0.6 is 0 Å². The second-order valence-electron chi connectivity index (χ2n) is 3.64. The molecule has 0 spiro atoms. The minimum atomic E-state index is -0.278. The summed E-state index contributed by atoms with van der Waals surface area (Å²) in [6.07, 6.45) is 1.53. The Morgan fingerprint density at radius 3 is 3.00 bits per heavy atom. The van der Waals surface area contributed by atoms with Gasteiger partial charge in [-0.1, -0.05) is 18.2 Å². The highest BCUT2D eigenvalue weighted by atomic mass is 16.5. The maximum atomic E-state index is 9.21. The maximum absolute atomic E-state index is 9.21. The smallest absolute Gasteiger partial charge is 0.123 e. The van der Waals surface area contributed by atoms with E-state index >= 15 is 0 Å². The fourth-order valence-corrected chi connectivity index (χ4v) is 1.77. The van der Waals surface area contributed by atoms with Gasteiger partial charge in [-0.15, -0.1) is 0 Å². The van der Waals surface area contributed by atoms with Gasteiger partial charge in [-0.2, -0.15) is 0 Å². The Morgan fingerprint density at radius 2 is 2.31 bits per heavy atom. The van der Waals surface area contributed by atoms with Crippen LogP contribution in [0.3, 0.4) is 0 Å². The average Bonchev–Trinajstić information content (AvgIpc) is 2.44. The molecule has 1 aliphatic heterocycles. The lowest BCUT2D eigenvalue weighted by Gasteiger charge is -2.11. The van der Waals surface area contributed by atoms with Crippen molar-refractivity contribution in [2.75, 3.05) is 0 Å². The Morgan fingerprint density at radius 1 is 1.54 bits per heavy atom. The first-order valence-corrected chi connectivity index (χ1v) is 4.68. The summed E-state index contributed by atoms with van der Waals surface area (Å²) in [5, 5.41) is 9.21. The molecule has 1 aliphatic rings. The normalized spacial score (nSPS) is 22.2. The molecule has 13 heavy (non-hydrogen) atoms. The molecule has 2 heteroatoms. The Labute approximate surface area is 78.2 Å². The number of aliphatic hydroxyl groups excluding tert-OH is 1. The first kappa shape index (κ1) is 8.57. The number of fused-ring (bicyclic) bond motifs is 1. The van der Waals surface area contributed by atoms with Gasteiger partial charge in [-0.3, -0.25) is 0 Å². The largest absolute Gasteiger partial charge is 0.490 e. The third-order valence-corrected chi connectivity index (χ3v) is 2.32. The molecule has 0 saturated carbocycles. The number of hydrogen-bond acceptors (Lipinski definition) is 2. The predicted molar refractivity (Wildman–Crippen MR) is 50.9 cm³/mol. The number of aliphatic hydroxyl groups is 1. The number of ether oxygens (including phenoxy) is 1. The lowest BCUT2D eigenvalue weighted by atomic mass is 10.1. The van der Waals surface area contributed by atoms with Crippen LogP contribution < -0.4 is 4.74 Å². The minimum absolute atomic E-state index is 0.164. The molecule has 2 unspecified atom stereocenters. The van der Waals surface area contributed by atoms with Crippen molar-refractivity contribution in [1.29, 1.82) is 0 Å². The molecular weight excluding hydrogens is 164 g/mol. The summed E-state index contributed by atoms with van der Waals surface area (Å²) in [5.41, 5.74) is 1.26. The second-order valence-corrected chi connectivity index (χ2v) is 3.64. The molecule has 70 valence electrons. The second kappa shape index (κ2) is 3.38. The lowest BCUT2D eigenvalue weighted by Crippen LogP contribution is -2.19. The Bertz CT molecular complexity index is 269. The Hall–Kier alpha value is -1.02. The van der Waals surface area contributed by atoms with Crippen LogP contribution in [0.2, 0.25) is 0 Å². The van der Waals surface area contributed by atoms with Crippen LogP contribution in [0.25, 0.3) is 0 Å². The summed E-state index contributed by atoms with van der Waals surface area (Å²) in [4.78, 5) is 0. The highest BCUT2D eigenvalue weighted by molar-refractivity contribution is 5.37. The number of hydrogen-bond donors (Lipinski definition) is 1. The molecule has 1 N–H and O–H groups in total. The standard InChI is InChI=1S/C11H14O2/c1-8(12)6-10-7-9-4-2-3-5-11(9)13-10/h2-5,8,10,12H,6-7H2,1H3. The van der Waals surface area contributed by atoms with Crippen molar-refractivity contribution in [3.63, 3.8) is 0 Å². The van der Waals surface area contributed by atoms with Gasteiger partial charge in [0.1, 0.15) is 11.9 Å². The monoisotopic (exact) mass is 178 g/mol. The van der Waals surface area contributed by atoms with Crippen LogP contribution in [-0.4, -0.2) is 17.3 Å². The van der Waals surface area contributed by atoms with E-state index in [0.29, 0.717) is 6.42 Å². The van der Waals surface area contributed by atoms with Gasteiger partial charge in [-0.25, -0.2) is 0 Å². The molecule has 2 rings (SSSR count). The topological polar surface area (TPSA) is 29.5 Å². The summed E-state index contributed by atoms with van der Waals surface area (Å²) >= 11 is 0. The fourth-order valence-electron chi connectivity index (χ4n) is 1.77. The first-order valence-electron chi connectivity index (χ1n) is 4.68. The lowest BCUT2D eigenvalue weighted by molar-refractivity contribution is 0.118. The first-order chi connectivity index (χ1) is 6.25. The molecule has 0 amide bonds. The zero-order valence-corrected chi connectivity index (χ0v) is 7.73. The van der Waals surface area contributed by atoms with Gasteiger partial charge < -0.3 is 9.84 Å². The van der Waals surface area contributed by atoms with Crippen molar-refractivity contribution >= 4 is 0 Å². The SMILES string of the molecule is CC(O)CC1Cc2ccccc2O1. The van der Waals surface area contributed by atoms with E-state index < -0.39 is 0 Å². The Balaban J connectivity index is 2.05. The van der Waals surface area contributed by atoms with Gasteiger partial charge in [0.05, 0.1) is 6.10 Å². The van der Waals surface area contributed by atoms with Crippen LogP contribution in [-0.2, 0) is 6.42 Å². The van der Waals surface area contributed by atoms with Gasteiger partial charge in [0, 0.05) is 12.8 Å². The molecule has 2 nitrogen and oxygen atoms in total. The van der Waals surface area contributed by atoms with Crippen molar-refractivity contribution in [3.05, 3.63) is 29.8 Å². The minimum Gasteiger partial charge on any atom is -0.490 e. The summed E-state index contributed by atoms with van der Waals surface area (Å²) in [6.45, 7) is 1.80. The molecule has 0 aliphatic carbocycles. The van der Waals surface area contributed by atoms with E-state index in [1.54, 1.807) is 6.92 Å². The third kappa shape index (κ3) is 1.83. The van der Waals surface area contributed by atoms with E-state index in [1.165, 1.54) is 5.56 Å². The van der Waals surface area contributed by atoms with E-state index in [4.69, 9.17) is 4.74 Å². The van der Waals surface area contributed by atoms with Crippen molar-refractivity contribution in [2.24, 2.45) is 0 Å². The van der Waals surface area contributed by atoms with E-state index in [2.05, 4.69) is 6.07 Å². The van der Waals surface area contributed by atoms with Crippen LogP contribution in [0, 0.1) is 0 Å². The number of benzene rings is 1. The zero-order valence-electron chi connectivity index (χ0n) is 7.73. The average molecular weight is 178 g/mol. The molecule has 1 heterocycles.